The highest BCUT2D eigenvalue weighted by Crippen LogP contribution is 2.16. The van der Waals surface area contributed by atoms with Crippen molar-refractivity contribution in [3.05, 3.63) is 36.3 Å². The summed E-state index contributed by atoms with van der Waals surface area (Å²) in [6.45, 7) is 4.06. The molecule has 0 aliphatic rings. The Morgan fingerprint density at radius 2 is 2.43 bits per heavy atom. The molecule has 0 atom stereocenters. The van der Waals surface area contributed by atoms with Gasteiger partial charge >= 0.3 is 0 Å². The van der Waals surface area contributed by atoms with Gasteiger partial charge in [-0.05, 0) is 12.5 Å². The van der Waals surface area contributed by atoms with Gasteiger partial charge in [0, 0.05) is 18.3 Å². The van der Waals surface area contributed by atoms with Crippen molar-refractivity contribution in [2.24, 2.45) is 5.73 Å². The third-order valence-electron chi connectivity index (χ3n) is 1.72. The average molecular weight is 196 g/mol. The number of hydrogen-bond donors (Lipinski definition) is 1. The lowest BCUT2D eigenvalue weighted by atomic mass is 10.2. The summed E-state index contributed by atoms with van der Waals surface area (Å²) < 4.78 is 18.5. The van der Waals surface area contributed by atoms with Crippen molar-refractivity contribution < 1.29 is 9.13 Å². The molecule has 4 heteroatoms. The molecule has 1 heterocycles. The third kappa shape index (κ3) is 2.53. The van der Waals surface area contributed by atoms with Crippen molar-refractivity contribution in [1.82, 2.24) is 4.98 Å². The Morgan fingerprint density at radius 1 is 1.64 bits per heavy atom. The highest BCUT2D eigenvalue weighted by atomic mass is 19.1. The molecule has 0 saturated heterocycles. The van der Waals surface area contributed by atoms with Gasteiger partial charge in [0.15, 0.2) is 5.82 Å². The van der Waals surface area contributed by atoms with Crippen LogP contribution in [0.15, 0.2) is 24.9 Å². The van der Waals surface area contributed by atoms with Gasteiger partial charge in [0.1, 0.15) is 0 Å². The summed E-state index contributed by atoms with van der Waals surface area (Å²) >= 11 is 0. The van der Waals surface area contributed by atoms with Crippen LogP contribution in [0.2, 0.25) is 0 Å². The van der Waals surface area contributed by atoms with Crippen LogP contribution in [0.4, 0.5) is 4.39 Å². The van der Waals surface area contributed by atoms with Gasteiger partial charge in [-0.25, -0.2) is 9.37 Å². The molecule has 0 aliphatic carbocycles. The highest BCUT2D eigenvalue weighted by Gasteiger charge is 2.08. The number of nitrogens with two attached hydrogens (primary N) is 1. The van der Waals surface area contributed by atoms with Crippen molar-refractivity contribution in [3.8, 4) is 5.88 Å². The van der Waals surface area contributed by atoms with Crippen molar-refractivity contribution in [2.75, 3.05) is 6.61 Å². The summed E-state index contributed by atoms with van der Waals surface area (Å²) in [5.74, 6) is -0.464. The minimum atomic E-state index is -0.473. The summed E-state index contributed by atoms with van der Waals surface area (Å²) in [5, 5.41) is 0. The van der Waals surface area contributed by atoms with Gasteiger partial charge < -0.3 is 10.5 Å². The first-order valence-corrected chi connectivity index (χ1v) is 4.36. The second-order valence-electron chi connectivity index (χ2n) is 2.72. The summed E-state index contributed by atoms with van der Waals surface area (Å²) in [4.78, 5) is 3.77. The van der Waals surface area contributed by atoms with Crippen LogP contribution in [0.1, 0.15) is 12.0 Å². The molecule has 0 aromatic carbocycles. The van der Waals surface area contributed by atoms with Gasteiger partial charge in [-0.15, -0.1) is 6.58 Å². The molecule has 14 heavy (non-hydrogen) atoms. The molecule has 0 aliphatic heterocycles. The molecular weight excluding hydrogens is 183 g/mol. The van der Waals surface area contributed by atoms with Crippen LogP contribution in [-0.4, -0.2) is 11.6 Å². The molecule has 1 rings (SSSR count). The SMILES string of the molecule is C=CCCOc1nccc(CN)c1F. The normalized spacial score (nSPS) is 9.86. The van der Waals surface area contributed by atoms with E-state index in [4.69, 9.17) is 10.5 Å². The molecule has 0 radical (unpaired) electrons. The van der Waals surface area contributed by atoms with E-state index in [9.17, 15) is 4.39 Å². The van der Waals surface area contributed by atoms with Crippen LogP contribution in [-0.2, 0) is 6.54 Å². The van der Waals surface area contributed by atoms with Gasteiger partial charge in [0.25, 0.3) is 5.88 Å². The lowest BCUT2D eigenvalue weighted by molar-refractivity contribution is 0.293. The monoisotopic (exact) mass is 196 g/mol. The number of halogens is 1. The summed E-state index contributed by atoms with van der Waals surface area (Å²) in [7, 11) is 0. The van der Waals surface area contributed by atoms with E-state index in [0.717, 1.165) is 0 Å². The predicted octanol–water partition coefficient (Wildman–Crippen LogP) is 1.63. The fraction of sp³-hybridized carbons (Fsp3) is 0.300. The summed E-state index contributed by atoms with van der Waals surface area (Å²) in [5.41, 5.74) is 5.75. The first kappa shape index (κ1) is 10.7. The van der Waals surface area contributed by atoms with Crippen LogP contribution < -0.4 is 10.5 Å². The van der Waals surface area contributed by atoms with E-state index in [1.54, 1.807) is 6.08 Å². The van der Waals surface area contributed by atoms with Crippen molar-refractivity contribution in [2.45, 2.75) is 13.0 Å². The second kappa shape index (κ2) is 5.34. The molecule has 0 bridgehead atoms. The Hall–Kier alpha value is -1.42. The van der Waals surface area contributed by atoms with Crippen LogP contribution in [0.5, 0.6) is 5.88 Å². The Morgan fingerprint density at radius 3 is 3.07 bits per heavy atom. The van der Waals surface area contributed by atoms with Gasteiger partial charge in [-0.3, -0.25) is 0 Å². The first-order valence-electron chi connectivity index (χ1n) is 4.36. The number of rotatable bonds is 5. The molecule has 0 unspecified atom stereocenters. The molecular formula is C10H13FN2O. The van der Waals surface area contributed by atoms with E-state index in [1.807, 2.05) is 0 Å². The fourth-order valence-electron chi connectivity index (χ4n) is 0.959. The minimum absolute atomic E-state index is 0.00907. The Balaban J connectivity index is 2.71. The first-order chi connectivity index (χ1) is 6.79. The quantitative estimate of drug-likeness (QED) is 0.575. The van der Waals surface area contributed by atoms with Crippen LogP contribution in [0.3, 0.4) is 0 Å². The lowest BCUT2D eigenvalue weighted by Crippen LogP contribution is -2.05. The summed E-state index contributed by atoms with van der Waals surface area (Å²) in [6, 6.07) is 1.54. The molecule has 0 spiro atoms. The predicted molar refractivity (Wildman–Crippen MR) is 52.4 cm³/mol. The average Bonchev–Trinajstić information content (AvgIpc) is 2.21. The maximum absolute atomic E-state index is 13.4. The van der Waals surface area contributed by atoms with Gasteiger partial charge in [0.05, 0.1) is 6.61 Å². The van der Waals surface area contributed by atoms with Gasteiger partial charge in [0.2, 0.25) is 0 Å². The van der Waals surface area contributed by atoms with E-state index in [1.165, 1.54) is 12.3 Å². The van der Waals surface area contributed by atoms with Crippen molar-refractivity contribution in [3.63, 3.8) is 0 Å². The lowest BCUT2D eigenvalue weighted by Gasteiger charge is -2.06. The molecule has 2 N–H and O–H groups in total. The molecule has 1 aromatic rings. The van der Waals surface area contributed by atoms with Gasteiger partial charge in [-0.1, -0.05) is 6.08 Å². The van der Waals surface area contributed by atoms with Crippen LogP contribution in [0.25, 0.3) is 0 Å². The minimum Gasteiger partial charge on any atom is -0.475 e. The number of hydrogen-bond acceptors (Lipinski definition) is 3. The summed E-state index contributed by atoms with van der Waals surface area (Å²) in [6.07, 6.45) is 3.84. The molecule has 0 amide bonds. The van der Waals surface area contributed by atoms with Crippen LogP contribution >= 0.6 is 0 Å². The van der Waals surface area contributed by atoms with E-state index in [0.29, 0.717) is 18.6 Å². The number of ether oxygens (including phenoxy) is 1. The maximum Gasteiger partial charge on any atom is 0.250 e. The van der Waals surface area contributed by atoms with E-state index < -0.39 is 5.82 Å². The van der Waals surface area contributed by atoms with Crippen molar-refractivity contribution >= 4 is 0 Å². The van der Waals surface area contributed by atoms with Crippen molar-refractivity contribution in [1.29, 1.82) is 0 Å². The van der Waals surface area contributed by atoms with Crippen LogP contribution in [0, 0.1) is 5.82 Å². The molecule has 76 valence electrons. The zero-order valence-electron chi connectivity index (χ0n) is 7.87. The van der Waals surface area contributed by atoms with E-state index in [-0.39, 0.29) is 12.4 Å². The Bertz CT molecular complexity index is 315. The highest BCUT2D eigenvalue weighted by molar-refractivity contribution is 5.23. The molecule has 0 saturated carbocycles. The number of pyridine rings is 1. The fourth-order valence-corrected chi connectivity index (χ4v) is 0.959. The Kier molecular flexibility index (Phi) is 4.07. The zero-order valence-corrected chi connectivity index (χ0v) is 7.87. The third-order valence-corrected chi connectivity index (χ3v) is 1.72. The zero-order chi connectivity index (χ0) is 10.4. The number of aromatic nitrogens is 1. The topological polar surface area (TPSA) is 48.1 Å². The van der Waals surface area contributed by atoms with E-state index >= 15 is 0 Å². The standard InChI is InChI=1S/C10H13FN2O/c1-2-3-6-14-10-9(11)8(7-12)4-5-13-10/h2,4-5H,1,3,6-7,12H2. The maximum atomic E-state index is 13.4. The Labute approximate surface area is 82.4 Å². The van der Waals surface area contributed by atoms with E-state index in [2.05, 4.69) is 11.6 Å². The molecule has 3 nitrogen and oxygen atoms in total. The van der Waals surface area contributed by atoms with Gasteiger partial charge in [-0.2, -0.15) is 0 Å². The molecule has 1 aromatic heterocycles. The second-order valence-corrected chi connectivity index (χ2v) is 2.72. The smallest absolute Gasteiger partial charge is 0.250 e. The number of nitrogens with zero attached hydrogens (tertiary/aromatic N) is 1. The largest absolute Gasteiger partial charge is 0.475 e. The molecule has 0 fully saturated rings.